The molecule has 5 heteroatoms. The molecule has 0 bridgehead atoms. The largest absolute Gasteiger partial charge is 0.384 e. The summed E-state index contributed by atoms with van der Waals surface area (Å²) in [6.07, 6.45) is 5.47. The number of rotatable bonds is 7. The molecule has 1 fully saturated rings. The summed E-state index contributed by atoms with van der Waals surface area (Å²) >= 11 is 0. The predicted molar refractivity (Wildman–Crippen MR) is 68.6 cm³/mol. The number of aromatic nitrogens is 2. The molecule has 1 aromatic rings. The van der Waals surface area contributed by atoms with Gasteiger partial charge in [0.05, 0.1) is 12.5 Å². The molecule has 5 nitrogen and oxygen atoms in total. The number of ether oxygens (including phenoxy) is 1. The second kappa shape index (κ2) is 6.85. The molecular formula is C13H23N3O2. The Kier molecular flexibility index (Phi) is 5.13. The molecule has 2 unspecified atom stereocenters. The molecule has 0 saturated heterocycles. The molecule has 1 aliphatic rings. The van der Waals surface area contributed by atoms with E-state index in [9.17, 15) is 0 Å². The highest BCUT2D eigenvalue weighted by atomic mass is 16.5. The molecule has 0 amide bonds. The fraction of sp³-hybridized carbons (Fsp3) is 0.846. The van der Waals surface area contributed by atoms with Crippen molar-refractivity contribution in [3.63, 3.8) is 0 Å². The molecular weight excluding hydrogens is 230 g/mol. The van der Waals surface area contributed by atoms with Crippen molar-refractivity contribution in [2.75, 3.05) is 20.3 Å². The van der Waals surface area contributed by atoms with Gasteiger partial charge in [0, 0.05) is 19.6 Å². The zero-order chi connectivity index (χ0) is 12.8. The topological polar surface area (TPSA) is 60.2 Å². The monoisotopic (exact) mass is 253 g/mol. The van der Waals surface area contributed by atoms with Gasteiger partial charge < -0.3 is 14.6 Å². The molecule has 1 saturated carbocycles. The Bertz CT molecular complexity index is 354. The van der Waals surface area contributed by atoms with Gasteiger partial charge in [-0.15, -0.1) is 0 Å². The first-order valence-electron chi connectivity index (χ1n) is 6.90. The molecule has 0 radical (unpaired) electrons. The highest BCUT2D eigenvalue weighted by Crippen LogP contribution is 2.33. The standard InChI is InChI=1S/C13H23N3O2/c1-3-8-14-11-6-4-5-10(11)13-15-12(16-18-13)7-9-17-2/h10-11,14H,3-9H2,1-2H3. The summed E-state index contributed by atoms with van der Waals surface area (Å²) in [5.74, 6) is 1.94. The average molecular weight is 253 g/mol. The first-order valence-corrected chi connectivity index (χ1v) is 6.90. The summed E-state index contributed by atoms with van der Waals surface area (Å²) in [5.41, 5.74) is 0. The number of nitrogens with one attached hydrogen (secondary N) is 1. The normalized spacial score (nSPS) is 23.7. The van der Waals surface area contributed by atoms with E-state index >= 15 is 0 Å². The lowest BCUT2D eigenvalue weighted by Crippen LogP contribution is -2.31. The highest BCUT2D eigenvalue weighted by molar-refractivity contribution is 5.03. The third-order valence-electron chi connectivity index (χ3n) is 3.50. The molecule has 1 aromatic heterocycles. The van der Waals surface area contributed by atoms with Crippen LogP contribution in [0.2, 0.25) is 0 Å². The molecule has 2 atom stereocenters. The van der Waals surface area contributed by atoms with Crippen LogP contribution in [0.15, 0.2) is 4.52 Å². The van der Waals surface area contributed by atoms with Crippen molar-refractivity contribution in [1.29, 1.82) is 0 Å². The number of nitrogens with zero attached hydrogens (tertiary/aromatic N) is 2. The molecule has 2 rings (SSSR count). The lowest BCUT2D eigenvalue weighted by molar-refractivity contribution is 0.199. The minimum Gasteiger partial charge on any atom is -0.384 e. The average Bonchev–Trinajstić information content (AvgIpc) is 3.02. The van der Waals surface area contributed by atoms with Crippen LogP contribution < -0.4 is 5.32 Å². The summed E-state index contributed by atoms with van der Waals surface area (Å²) in [6, 6.07) is 0.501. The fourth-order valence-electron chi connectivity index (χ4n) is 2.54. The van der Waals surface area contributed by atoms with Gasteiger partial charge >= 0.3 is 0 Å². The van der Waals surface area contributed by atoms with Gasteiger partial charge in [0.1, 0.15) is 0 Å². The number of hydrogen-bond donors (Lipinski definition) is 1. The molecule has 0 aliphatic heterocycles. The van der Waals surface area contributed by atoms with Crippen LogP contribution in [0.3, 0.4) is 0 Å². The SMILES string of the molecule is CCCNC1CCCC1c1nc(CCOC)no1. The van der Waals surface area contributed by atoms with Crippen molar-refractivity contribution in [2.24, 2.45) is 0 Å². The molecule has 18 heavy (non-hydrogen) atoms. The molecule has 1 N–H and O–H groups in total. The van der Waals surface area contributed by atoms with Gasteiger partial charge in [0.25, 0.3) is 0 Å². The van der Waals surface area contributed by atoms with Crippen LogP contribution in [0.1, 0.15) is 50.2 Å². The van der Waals surface area contributed by atoms with E-state index in [0.29, 0.717) is 18.6 Å². The summed E-state index contributed by atoms with van der Waals surface area (Å²) in [7, 11) is 1.68. The van der Waals surface area contributed by atoms with Crippen LogP contribution in [0.4, 0.5) is 0 Å². The van der Waals surface area contributed by atoms with Gasteiger partial charge in [-0.3, -0.25) is 0 Å². The Hall–Kier alpha value is -0.940. The first-order chi connectivity index (χ1) is 8.85. The van der Waals surface area contributed by atoms with E-state index in [2.05, 4.69) is 22.4 Å². The molecule has 102 valence electrons. The van der Waals surface area contributed by atoms with Gasteiger partial charge in [0.15, 0.2) is 5.82 Å². The van der Waals surface area contributed by atoms with Crippen LogP contribution in [0.5, 0.6) is 0 Å². The molecule has 1 aliphatic carbocycles. The van der Waals surface area contributed by atoms with Gasteiger partial charge in [-0.1, -0.05) is 18.5 Å². The van der Waals surface area contributed by atoms with Crippen molar-refractivity contribution in [1.82, 2.24) is 15.5 Å². The Morgan fingerprint density at radius 1 is 1.44 bits per heavy atom. The summed E-state index contributed by atoms with van der Waals surface area (Å²) in [5, 5.41) is 7.60. The minimum atomic E-state index is 0.389. The van der Waals surface area contributed by atoms with Gasteiger partial charge in [0.2, 0.25) is 5.89 Å². The predicted octanol–water partition coefficient (Wildman–Crippen LogP) is 1.89. The van der Waals surface area contributed by atoms with Crippen molar-refractivity contribution >= 4 is 0 Å². The minimum absolute atomic E-state index is 0.389. The quantitative estimate of drug-likeness (QED) is 0.804. The summed E-state index contributed by atoms with van der Waals surface area (Å²) in [4.78, 5) is 4.49. The highest BCUT2D eigenvalue weighted by Gasteiger charge is 2.32. The number of hydrogen-bond acceptors (Lipinski definition) is 5. The third kappa shape index (κ3) is 3.29. The van der Waals surface area contributed by atoms with Crippen molar-refractivity contribution in [3.05, 3.63) is 11.7 Å². The maximum absolute atomic E-state index is 5.40. The van der Waals surface area contributed by atoms with E-state index in [1.54, 1.807) is 7.11 Å². The second-order valence-corrected chi connectivity index (χ2v) is 4.89. The van der Waals surface area contributed by atoms with Gasteiger partial charge in [-0.05, 0) is 25.8 Å². The van der Waals surface area contributed by atoms with E-state index in [0.717, 1.165) is 37.5 Å². The van der Waals surface area contributed by atoms with Crippen molar-refractivity contribution < 1.29 is 9.26 Å². The van der Waals surface area contributed by atoms with E-state index in [-0.39, 0.29) is 0 Å². The zero-order valence-electron chi connectivity index (χ0n) is 11.3. The third-order valence-corrected chi connectivity index (χ3v) is 3.50. The van der Waals surface area contributed by atoms with E-state index in [1.165, 1.54) is 12.8 Å². The van der Waals surface area contributed by atoms with Crippen molar-refractivity contribution in [2.45, 2.75) is 51.0 Å². The second-order valence-electron chi connectivity index (χ2n) is 4.89. The lowest BCUT2D eigenvalue weighted by Gasteiger charge is -2.17. The number of methoxy groups -OCH3 is 1. The zero-order valence-corrected chi connectivity index (χ0v) is 11.3. The Balaban J connectivity index is 1.94. The van der Waals surface area contributed by atoms with E-state index in [1.807, 2.05) is 0 Å². The van der Waals surface area contributed by atoms with Gasteiger partial charge in [-0.25, -0.2) is 0 Å². The van der Waals surface area contributed by atoms with Crippen LogP contribution in [-0.4, -0.2) is 36.4 Å². The maximum Gasteiger partial charge on any atom is 0.231 e. The molecule has 1 heterocycles. The molecule has 0 spiro atoms. The first kappa shape index (κ1) is 13.5. The van der Waals surface area contributed by atoms with Crippen LogP contribution in [0, 0.1) is 0 Å². The molecule has 0 aromatic carbocycles. The Morgan fingerprint density at radius 2 is 2.33 bits per heavy atom. The summed E-state index contributed by atoms with van der Waals surface area (Å²) < 4.78 is 10.4. The van der Waals surface area contributed by atoms with Crippen molar-refractivity contribution in [3.8, 4) is 0 Å². The fourth-order valence-corrected chi connectivity index (χ4v) is 2.54. The van der Waals surface area contributed by atoms with Crippen LogP contribution in [-0.2, 0) is 11.2 Å². The van der Waals surface area contributed by atoms with E-state index in [4.69, 9.17) is 9.26 Å². The maximum atomic E-state index is 5.40. The van der Waals surface area contributed by atoms with Gasteiger partial charge in [-0.2, -0.15) is 4.98 Å². The van der Waals surface area contributed by atoms with Crippen LogP contribution >= 0.6 is 0 Å². The Labute approximate surface area is 108 Å². The van der Waals surface area contributed by atoms with Crippen LogP contribution in [0.25, 0.3) is 0 Å². The Morgan fingerprint density at radius 3 is 3.11 bits per heavy atom. The summed E-state index contributed by atoms with van der Waals surface area (Å²) in [6.45, 7) is 3.89. The smallest absolute Gasteiger partial charge is 0.231 e. The lowest BCUT2D eigenvalue weighted by atomic mass is 10.0. The van der Waals surface area contributed by atoms with E-state index < -0.39 is 0 Å².